The number of nitrogens with zero attached hydrogens (tertiary/aromatic N) is 1. The third kappa shape index (κ3) is 5.93. The van der Waals surface area contributed by atoms with Gasteiger partial charge in [0.25, 0.3) is 0 Å². The Morgan fingerprint density at radius 2 is 1.73 bits per heavy atom. The van der Waals surface area contributed by atoms with Crippen LogP contribution < -0.4 is 5.32 Å². The summed E-state index contributed by atoms with van der Waals surface area (Å²) >= 11 is 0. The second-order valence-electron chi connectivity index (χ2n) is 4.60. The molecule has 0 radical (unpaired) electrons. The molecule has 0 aromatic rings. The first-order valence-corrected chi connectivity index (χ1v) is 4.84. The van der Waals surface area contributed by atoms with Crippen LogP contribution in [0.1, 0.15) is 27.7 Å². The lowest BCUT2D eigenvalue weighted by molar-refractivity contribution is -0.130. The van der Waals surface area contributed by atoms with Crippen molar-refractivity contribution in [3.63, 3.8) is 0 Å². The zero-order chi connectivity index (χ0) is 12.2. The van der Waals surface area contributed by atoms with Crippen LogP contribution in [0.2, 0.25) is 0 Å². The number of hydrogen-bond donors (Lipinski definition) is 1. The van der Waals surface area contributed by atoms with Crippen LogP contribution >= 0.6 is 0 Å². The predicted octanol–water partition coefficient (Wildman–Crippen LogP) is 0.988. The van der Waals surface area contributed by atoms with Crippen molar-refractivity contribution in [2.45, 2.75) is 39.3 Å². The van der Waals surface area contributed by atoms with Gasteiger partial charge in [-0.25, -0.2) is 4.79 Å². The number of alkyl carbamates (subject to hydrolysis) is 1. The number of nitrogens with one attached hydrogen (secondary N) is 1. The topological polar surface area (TPSA) is 58.6 Å². The average molecular weight is 216 g/mol. The Bertz CT molecular complexity index is 244. The minimum Gasteiger partial charge on any atom is -0.444 e. The van der Waals surface area contributed by atoms with Crippen molar-refractivity contribution in [3.8, 4) is 0 Å². The van der Waals surface area contributed by atoms with Crippen molar-refractivity contribution in [3.05, 3.63) is 0 Å². The molecule has 0 aliphatic carbocycles. The maximum Gasteiger partial charge on any atom is 0.408 e. The molecule has 0 unspecified atom stereocenters. The highest BCUT2D eigenvalue weighted by Crippen LogP contribution is 2.06. The zero-order valence-corrected chi connectivity index (χ0v) is 10.2. The molecule has 0 aliphatic rings. The van der Waals surface area contributed by atoms with Gasteiger partial charge in [-0.1, -0.05) is 0 Å². The van der Waals surface area contributed by atoms with Gasteiger partial charge in [-0.3, -0.25) is 4.79 Å². The summed E-state index contributed by atoms with van der Waals surface area (Å²) in [6.07, 6.45) is -0.579. The maximum absolute atomic E-state index is 11.4. The van der Waals surface area contributed by atoms with Crippen molar-refractivity contribution in [1.29, 1.82) is 0 Å². The first kappa shape index (κ1) is 13.7. The van der Waals surface area contributed by atoms with Gasteiger partial charge in [0.05, 0.1) is 0 Å². The van der Waals surface area contributed by atoms with Crippen LogP contribution in [0.15, 0.2) is 0 Å². The van der Waals surface area contributed by atoms with Gasteiger partial charge in [0.1, 0.15) is 11.6 Å². The largest absolute Gasteiger partial charge is 0.444 e. The molecule has 5 nitrogen and oxygen atoms in total. The van der Waals surface area contributed by atoms with Gasteiger partial charge in [-0.15, -0.1) is 0 Å². The third-order valence-electron chi connectivity index (χ3n) is 1.54. The number of ether oxygens (including phenoxy) is 1. The zero-order valence-electron chi connectivity index (χ0n) is 10.2. The summed E-state index contributed by atoms with van der Waals surface area (Å²) in [6, 6.07) is -0.574. The van der Waals surface area contributed by atoms with Gasteiger partial charge in [0.15, 0.2) is 0 Å². The summed E-state index contributed by atoms with van der Waals surface area (Å²) in [5, 5.41) is 2.47. The van der Waals surface area contributed by atoms with E-state index in [2.05, 4.69) is 5.32 Å². The smallest absolute Gasteiger partial charge is 0.408 e. The summed E-state index contributed by atoms with van der Waals surface area (Å²) in [5.74, 6) is -0.166. The lowest BCUT2D eigenvalue weighted by Crippen LogP contribution is -2.45. The average Bonchev–Trinajstić information content (AvgIpc) is 1.98. The van der Waals surface area contributed by atoms with Crippen molar-refractivity contribution in [2.75, 3.05) is 14.1 Å². The molecule has 0 bridgehead atoms. The molecule has 0 saturated heterocycles. The number of amides is 2. The highest BCUT2D eigenvalue weighted by Gasteiger charge is 2.21. The van der Waals surface area contributed by atoms with E-state index in [4.69, 9.17) is 4.74 Å². The molecule has 0 heterocycles. The van der Waals surface area contributed by atoms with Gasteiger partial charge in [-0.05, 0) is 27.7 Å². The summed E-state index contributed by atoms with van der Waals surface area (Å²) in [4.78, 5) is 24.1. The summed E-state index contributed by atoms with van der Waals surface area (Å²) in [7, 11) is 3.27. The van der Waals surface area contributed by atoms with Crippen LogP contribution in [0.5, 0.6) is 0 Å². The number of rotatable bonds is 2. The molecule has 0 saturated carbocycles. The maximum atomic E-state index is 11.4. The fourth-order valence-corrected chi connectivity index (χ4v) is 0.933. The molecule has 1 atom stereocenters. The van der Waals surface area contributed by atoms with Gasteiger partial charge >= 0.3 is 6.09 Å². The number of carbonyl (C=O) groups excluding carboxylic acids is 2. The van der Waals surface area contributed by atoms with Crippen LogP contribution in [-0.2, 0) is 9.53 Å². The van der Waals surface area contributed by atoms with Crippen LogP contribution in [0.4, 0.5) is 4.79 Å². The molecule has 0 spiro atoms. The van der Waals surface area contributed by atoms with Gasteiger partial charge < -0.3 is 15.0 Å². The lowest BCUT2D eigenvalue weighted by atomic mass is 10.2. The van der Waals surface area contributed by atoms with Crippen molar-refractivity contribution in [2.24, 2.45) is 0 Å². The molecule has 0 aliphatic heterocycles. The van der Waals surface area contributed by atoms with Crippen LogP contribution in [0.25, 0.3) is 0 Å². The fraction of sp³-hybridized carbons (Fsp3) is 0.800. The molecule has 2 amide bonds. The molecule has 88 valence electrons. The third-order valence-corrected chi connectivity index (χ3v) is 1.54. The van der Waals surface area contributed by atoms with Gasteiger partial charge in [-0.2, -0.15) is 0 Å². The van der Waals surface area contributed by atoms with E-state index in [9.17, 15) is 9.59 Å². The molecule has 0 rings (SSSR count). The van der Waals surface area contributed by atoms with Crippen LogP contribution in [0.3, 0.4) is 0 Å². The quantitative estimate of drug-likeness (QED) is 0.748. The normalized spacial score (nSPS) is 12.9. The number of hydrogen-bond acceptors (Lipinski definition) is 3. The summed E-state index contributed by atoms with van der Waals surface area (Å²) < 4.78 is 5.02. The molecule has 1 N–H and O–H groups in total. The molecule has 0 fully saturated rings. The second-order valence-corrected chi connectivity index (χ2v) is 4.60. The SMILES string of the molecule is C[C@@H](NC(=O)OC(C)(C)C)C(=O)N(C)C. The highest BCUT2D eigenvalue weighted by atomic mass is 16.6. The van der Waals surface area contributed by atoms with E-state index in [0.29, 0.717) is 0 Å². The van der Waals surface area contributed by atoms with E-state index in [-0.39, 0.29) is 5.91 Å². The number of carbonyl (C=O) groups is 2. The Balaban J connectivity index is 4.14. The standard InChI is InChI=1S/C10H20N2O3/c1-7(8(13)12(5)6)11-9(14)15-10(2,3)4/h7H,1-6H3,(H,11,14)/t7-/m1/s1. The Hall–Kier alpha value is -1.26. The predicted molar refractivity (Wildman–Crippen MR) is 57.5 cm³/mol. The van der Waals surface area contributed by atoms with Crippen LogP contribution in [-0.4, -0.2) is 42.6 Å². The van der Waals surface area contributed by atoms with E-state index in [1.54, 1.807) is 41.8 Å². The van der Waals surface area contributed by atoms with E-state index < -0.39 is 17.7 Å². The van der Waals surface area contributed by atoms with Crippen molar-refractivity contribution in [1.82, 2.24) is 10.2 Å². The van der Waals surface area contributed by atoms with E-state index in [1.165, 1.54) is 4.90 Å². The molecule has 5 heteroatoms. The molecular formula is C10H20N2O3. The summed E-state index contributed by atoms with van der Waals surface area (Å²) in [6.45, 7) is 6.92. The molecule has 0 aromatic carbocycles. The van der Waals surface area contributed by atoms with Crippen molar-refractivity contribution >= 4 is 12.0 Å². The molecule has 0 aromatic heterocycles. The van der Waals surface area contributed by atoms with E-state index in [1.807, 2.05) is 0 Å². The van der Waals surface area contributed by atoms with Crippen LogP contribution in [0, 0.1) is 0 Å². The first-order chi connectivity index (χ1) is 6.63. The molecular weight excluding hydrogens is 196 g/mol. The Morgan fingerprint density at radius 3 is 2.07 bits per heavy atom. The van der Waals surface area contributed by atoms with Gasteiger partial charge in [0.2, 0.25) is 5.91 Å². The highest BCUT2D eigenvalue weighted by molar-refractivity contribution is 5.84. The monoisotopic (exact) mass is 216 g/mol. The number of likely N-dealkylation sites (N-methyl/N-ethyl adjacent to an activating group) is 1. The first-order valence-electron chi connectivity index (χ1n) is 4.84. The van der Waals surface area contributed by atoms with E-state index >= 15 is 0 Å². The Morgan fingerprint density at radius 1 is 1.27 bits per heavy atom. The minimum atomic E-state index is -0.579. The second kappa shape index (κ2) is 5.00. The minimum absolute atomic E-state index is 0.166. The fourth-order valence-electron chi connectivity index (χ4n) is 0.933. The van der Waals surface area contributed by atoms with Crippen molar-refractivity contribution < 1.29 is 14.3 Å². The van der Waals surface area contributed by atoms with E-state index in [0.717, 1.165) is 0 Å². The Kier molecular flexibility index (Phi) is 4.58. The lowest BCUT2D eigenvalue weighted by Gasteiger charge is -2.22. The van der Waals surface area contributed by atoms with Gasteiger partial charge in [0, 0.05) is 14.1 Å². The Labute approximate surface area is 90.8 Å². The summed E-state index contributed by atoms with van der Waals surface area (Å²) in [5.41, 5.74) is -0.551. The molecule has 15 heavy (non-hydrogen) atoms.